The van der Waals surface area contributed by atoms with Crippen LogP contribution in [-0.4, -0.2) is 58.4 Å². The summed E-state index contributed by atoms with van der Waals surface area (Å²) < 4.78 is 14.8. The van der Waals surface area contributed by atoms with Crippen LogP contribution in [0.3, 0.4) is 0 Å². The van der Waals surface area contributed by atoms with E-state index in [9.17, 15) is 9.18 Å². The lowest BCUT2D eigenvalue weighted by Gasteiger charge is -2.36. The van der Waals surface area contributed by atoms with Gasteiger partial charge >= 0.3 is 0 Å². The predicted molar refractivity (Wildman–Crippen MR) is 110 cm³/mol. The van der Waals surface area contributed by atoms with Crippen LogP contribution in [0.25, 0.3) is 0 Å². The van der Waals surface area contributed by atoms with Crippen molar-refractivity contribution in [3.8, 4) is 0 Å². The highest BCUT2D eigenvalue weighted by Gasteiger charge is 2.17. The number of hydrogen-bond donors (Lipinski definition) is 0. The van der Waals surface area contributed by atoms with E-state index < -0.39 is 0 Å². The number of benzene rings is 2. The maximum atomic E-state index is 13.1. The van der Waals surface area contributed by atoms with E-state index >= 15 is 0 Å². The molecule has 1 aliphatic rings. The van der Waals surface area contributed by atoms with Gasteiger partial charge in [-0.05, 0) is 30.7 Å². The first-order chi connectivity index (χ1) is 14.2. The van der Waals surface area contributed by atoms with Crippen LogP contribution in [0, 0.1) is 5.82 Å². The number of carbonyl (C=O) groups excluding carboxylic acids is 1. The summed E-state index contributed by atoms with van der Waals surface area (Å²) in [7, 11) is 0. The Kier molecular flexibility index (Phi) is 5.95. The van der Waals surface area contributed by atoms with Crippen LogP contribution >= 0.6 is 0 Å². The number of aryl methyl sites for hydroxylation is 1. The Balaban J connectivity index is 1.22. The van der Waals surface area contributed by atoms with Crippen LogP contribution in [0.2, 0.25) is 0 Å². The first-order valence-corrected chi connectivity index (χ1v) is 9.92. The minimum absolute atomic E-state index is 0.103. The zero-order valence-corrected chi connectivity index (χ0v) is 16.2. The molecule has 1 aliphatic heterocycles. The van der Waals surface area contributed by atoms with Gasteiger partial charge in [0.1, 0.15) is 5.82 Å². The molecule has 2 heterocycles. The van der Waals surface area contributed by atoms with Gasteiger partial charge in [-0.15, -0.1) is 5.10 Å². The second-order valence-electron chi connectivity index (χ2n) is 7.22. The number of ketones is 1. The molecule has 150 valence electrons. The Morgan fingerprint density at radius 1 is 0.931 bits per heavy atom. The number of nitrogens with zero attached hydrogens (tertiary/aromatic N) is 5. The minimum Gasteiger partial charge on any atom is -0.369 e. The molecule has 0 N–H and O–H groups in total. The molecule has 4 rings (SSSR count). The third kappa shape index (κ3) is 4.86. The largest absolute Gasteiger partial charge is 0.369 e. The van der Waals surface area contributed by atoms with E-state index in [2.05, 4.69) is 20.1 Å². The zero-order valence-electron chi connectivity index (χ0n) is 16.2. The molecule has 1 saturated heterocycles. The number of carbonyl (C=O) groups is 1. The van der Waals surface area contributed by atoms with Gasteiger partial charge in [0.25, 0.3) is 0 Å². The summed E-state index contributed by atoms with van der Waals surface area (Å²) in [6, 6.07) is 15.8. The molecule has 0 bridgehead atoms. The number of halogens is 1. The standard InChI is InChI=1S/C22H24FN5O/c23-19-7-9-20(10-8-19)27-15-13-26(14-16-27)11-4-12-28-17-21(24-25-28)22(29)18-5-2-1-3-6-18/h1-3,5-10,17H,4,11-16H2. The van der Waals surface area contributed by atoms with E-state index in [-0.39, 0.29) is 11.6 Å². The monoisotopic (exact) mass is 393 g/mol. The fraction of sp³-hybridized carbons (Fsp3) is 0.318. The molecule has 0 unspecified atom stereocenters. The van der Waals surface area contributed by atoms with E-state index in [0.717, 1.165) is 51.4 Å². The Morgan fingerprint density at radius 2 is 1.66 bits per heavy atom. The SMILES string of the molecule is O=C(c1ccccc1)c1cn(CCCN2CCN(c3ccc(F)cc3)CC2)nn1. The van der Waals surface area contributed by atoms with E-state index in [1.165, 1.54) is 12.1 Å². The van der Waals surface area contributed by atoms with Gasteiger partial charge < -0.3 is 4.90 Å². The third-order valence-electron chi connectivity index (χ3n) is 5.23. The van der Waals surface area contributed by atoms with E-state index in [1.54, 1.807) is 23.0 Å². The van der Waals surface area contributed by atoms with Crippen LogP contribution in [0.1, 0.15) is 22.5 Å². The number of aromatic nitrogens is 3. The first kappa shape index (κ1) is 19.3. The molecule has 29 heavy (non-hydrogen) atoms. The van der Waals surface area contributed by atoms with Crippen LogP contribution in [0.15, 0.2) is 60.8 Å². The number of hydrogen-bond acceptors (Lipinski definition) is 5. The fourth-order valence-corrected chi connectivity index (χ4v) is 3.59. The van der Waals surface area contributed by atoms with Crippen molar-refractivity contribution in [2.75, 3.05) is 37.6 Å². The second kappa shape index (κ2) is 8.96. The van der Waals surface area contributed by atoms with Crippen molar-refractivity contribution in [1.82, 2.24) is 19.9 Å². The Hall–Kier alpha value is -3.06. The van der Waals surface area contributed by atoms with Crippen LogP contribution < -0.4 is 4.90 Å². The lowest BCUT2D eigenvalue weighted by atomic mass is 10.1. The minimum atomic E-state index is -0.200. The first-order valence-electron chi connectivity index (χ1n) is 9.92. The average Bonchev–Trinajstić information content (AvgIpc) is 3.24. The van der Waals surface area contributed by atoms with E-state index in [1.807, 2.05) is 30.3 Å². The lowest BCUT2D eigenvalue weighted by molar-refractivity contribution is 0.103. The van der Waals surface area contributed by atoms with Crippen molar-refractivity contribution >= 4 is 11.5 Å². The van der Waals surface area contributed by atoms with Gasteiger partial charge in [0.05, 0.1) is 6.20 Å². The van der Waals surface area contributed by atoms with Crippen molar-refractivity contribution < 1.29 is 9.18 Å². The van der Waals surface area contributed by atoms with Gasteiger partial charge in [0.2, 0.25) is 5.78 Å². The molecule has 0 radical (unpaired) electrons. The predicted octanol–water partition coefficient (Wildman–Crippen LogP) is 2.86. The molecule has 0 aliphatic carbocycles. The molecule has 1 fully saturated rings. The number of anilines is 1. The van der Waals surface area contributed by atoms with Crippen LogP contribution in [0.5, 0.6) is 0 Å². The summed E-state index contributed by atoms with van der Waals surface area (Å²) in [6.07, 6.45) is 2.67. The molecule has 0 atom stereocenters. The van der Waals surface area contributed by atoms with E-state index in [4.69, 9.17) is 0 Å². The summed E-state index contributed by atoms with van der Waals surface area (Å²) in [4.78, 5) is 17.1. The molecule has 0 spiro atoms. The molecule has 1 aromatic heterocycles. The number of rotatable bonds is 7. The van der Waals surface area contributed by atoms with Gasteiger partial charge in [0, 0.05) is 50.5 Å². The average molecular weight is 393 g/mol. The fourth-order valence-electron chi connectivity index (χ4n) is 3.59. The van der Waals surface area contributed by atoms with Crippen LogP contribution in [-0.2, 0) is 6.54 Å². The molecule has 3 aromatic rings. The Labute approximate surface area is 169 Å². The van der Waals surface area contributed by atoms with Gasteiger partial charge in [0.15, 0.2) is 5.69 Å². The van der Waals surface area contributed by atoms with E-state index in [0.29, 0.717) is 11.3 Å². The normalized spacial score (nSPS) is 14.9. The van der Waals surface area contributed by atoms with Crippen molar-refractivity contribution in [2.45, 2.75) is 13.0 Å². The molecule has 6 nitrogen and oxygen atoms in total. The van der Waals surface area contributed by atoms with Gasteiger partial charge in [-0.2, -0.15) is 0 Å². The second-order valence-corrected chi connectivity index (χ2v) is 7.22. The molecular weight excluding hydrogens is 369 g/mol. The summed E-state index contributed by atoms with van der Waals surface area (Å²) >= 11 is 0. The Bertz CT molecular complexity index is 933. The van der Waals surface area contributed by atoms with Crippen molar-refractivity contribution in [3.63, 3.8) is 0 Å². The number of piperazine rings is 1. The van der Waals surface area contributed by atoms with Gasteiger partial charge in [-0.25, -0.2) is 4.39 Å². The molecule has 2 aromatic carbocycles. The van der Waals surface area contributed by atoms with Gasteiger partial charge in [-0.3, -0.25) is 14.4 Å². The third-order valence-corrected chi connectivity index (χ3v) is 5.23. The summed E-state index contributed by atoms with van der Waals surface area (Å²) in [5, 5.41) is 8.12. The highest BCUT2D eigenvalue weighted by atomic mass is 19.1. The Morgan fingerprint density at radius 3 is 2.38 bits per heavy atom. The maximum absolute atomic E-state index is 13.1. The smallest absolute Gasteiger partial charge is 0.214 e. The molecule has 0 amide bonds. The van der Waals surface area contributed by atoms with Gasteiger partial charge in [-0.1, -0.05) is 35.5 Å². The molecule has 0 saturated carbocycles. The van der Waals surface area contributed by atoms with Crippen LogP contribution in [0.4, 0.5) is 10.1 Å². The maximum Gasteiger partial charge on any atom is 0.214 e. The van der Waals surface area contributed by atoms with Crippen molar-refractivity contribution in [1.29, 1.82) is 0 Å². The summed E-state index contributed by atoms with van der Waals surface area (Å²) in [6.45, 7) is 5.53. The lowest BCUT2D eigenvalue weighted by Crippen LogP contribution is -2.46. The molecule has 7 heteroatoms. The zero-order chi connectivity index (χ0) is 20.1. The summed E-state index contributed by atoms with van der Waals surface area (Å²) in [5.74, 6) is -0.303. The topological polar surface area (TPSA) is 54.3 Å². The highest BCUT2D eigenvalue weighted by molar-refractivity contribution is 6.07. The molecular formula is C22H24FN5O. The quantitative estimate of drug-likeness (QED) is 0.578. The highest BCUT2D eigenvalue weighted by Crippen LogP contribution is 2.17. The van der Waals surface area contributed by atoms with Crippen molar-refractivity contribution in [2.24, 2.45) is 0 Å². The summed E-state index contributed by atoms with van der Waals surface area (Å²) in [5.41, 5.74) is 2.08. The van der Waals surface area contributed by atoms with Crippen molar-refractivity contribution in [3.05, 3.63) is 77.9 Å².